The minimum Gasteiger partial charge on any atom is -0.280 e. The first-order valence-electron chi connectivity index (χ1n) is 6.72. The van der Waals surface area contributed by atoms with Gasteiger partial charge in [0, 0.05) is 11.3 Å². The second-order valence-corrected chi connectivity index (χ2v) is 6.24. The van der Waals surface area contributed by atoms with E-state index >= 15 is 0 Å². The van der Waals surface area contributed by atoms with E-state index in [-0.39, 0.29) is 0 Å². The fraction of sp³-hybridized carbons (Fsp3) is 0. The summed E-state index contributed by atoms with van der Waals surface area (Å²) in [6.45, 7) is 0. The van der Waals surface area contributed by atoms with E-state index in [1.54, 1.807) is 24.3 Å². The Hall–Kier alpha value is -3.00. The highest BCUT2D eigenvalue weighted by Gasteiger charge is 2.08. The molecule has 0 amide bonds. The van der Waals surface area contributed by atoms with Crippen LogP contribution in [0.5, 0.6) is 0 Å². The lowest BCUT2D eigenvalue weighted by atomic mass is 10.2. The first-order chi connectivity index (χ1) is 11.1. The molecule has 0 radical (unpaired) electrons. The number of tetrazole rings is 1. The molecule has 0 saturated carbocycles. The second kappa shape index (κ2) is 6.41. The van der Waals surface area contributed by atoms with Crippen molar-refractivity contribution in [2.75, 3.05) is 4.72 Å². The highest BCUT2D eigenvalue weighted by molar-refractivity contribution is 7.95. The molecule has 0 unspecified atom stereocenters. The van der Waals surface area contributed by atoms with Gasteiger partial charge in [-0.3, -0.25) is 4.72 Å². The third-order valence-electron chi connectivity index (χ3n) is 2.97. The second-order valence-electron chi connectivity index (χ2n) is 4.68. The minimum absolute atomic E-state index is 0.394. The van der Waals surface area contributed by atoms with E-state index in [4.69, 9.17) is 0 Å². The molecule has 0 saturated heterocycles. The number of aromatic amines is 1. The minimum atomic E-state index is -3.61. The predicted octanol–water partition coefficient (Wildman–Crippen LogP) is 2.28. The molecule has 0 spiro atoms. The summed E-state index contributed by atoms with van der Waals surface area (Å²) >= 11 is 0. The molecule has 1 heterocycles. The van der Waals surface area contributed by atoms with Crippen molar-refractivity contribution in [2.45, 2.75) is 0 Å². The largest absolute Gasteiger partial charge is 0.280 e. The van der Waals surface area contributed by atoms with E-state index in [1.807, 2.05) is 30.3 Å². The number of hydrogen-bond acceptors (Lipinski definition) is 5. The lowest BCUT2D eigenvalue weighted by Gasteiger charge is -2.05. The van der Waals surface area contributed by atoms with E-state index < -0.39 is 10.0 Å². The number of H-pyrrole nitrogens is 1. The van der Waals surface area contributed by atoms with Crippen LogP contribution in [-0.4, -0.2) is 29.0 Å². The van der Waals surface area contributed by atoms with Crippen LogP contribution in [0.3, 0.4) is 0 Å². The third kappa shape index (κ3) is 4.01. The van der Waals surface area contributed by atoms with Gasteiger partial charge in [-0.15, -0.1) is 10.2 Å². The summed E-state index contributed by atoms with van der Waals surface area (Å²) < 4.78 is 26.7. The molecule has 0 aliphatic rings. The van der Waals surface area contributed by atoms with Crippen molar-refractivity contribution in [3.8, 4) is 11.4 Å². The summed E-state index contributed by atoms with van der Waals surface area (Å²) in [5.41, 5.74) is 1.88. The fourth-order valence-corrected chi connectivity index (χ4v) is 2.80. The molecule has 0 aliphatic carbocycles. The zero-order valence-corrected chi connectivity index (χ0v) is 12.7. The SMILES string of the molecule is O=S(=O)(/C=C/c1ccccc1)Nc1cccc(-c2nn[nH]n2)c1. The Bertz CT molecular complexity index is 906. The van der Waals surface area contributed by atoms with Crippen molar-refractivity contribution in [3.05, 3.63) is 65.6 Å². The maximum Gasteiger partial charge on any atom is 0.255 e. The van der Waals surface area contributed by atoms with Crippen LogP contribution in [0.2, 0.25) is 0 Å². The standard InChI is InChI=1S/C15H13N5O2S/c21-23(22,10-9-12-5-2-1-3-6-12)18-14-8-4-7-13(11-14)15-16-19-20-17-15/h1-11,18H,(H,16,17,19,20)/b10-9+. The summed E-state index contributed by atoms with van der Waals surface area (Å²) in [4.78, 5) is 0. The molecule has 3 aromatic rings. The van der Waals surface area contributed by atoms with Gasteiger partial charge in [0.25, 0.3) is 10.0 Å². The number of benzene rings is 2. The van der Waals surface area contributed by atoms with Crippen LogP contribution in [-0.2, 0) is 10.0 Å². The molecule has 2 aromatic carbocycles. The molecule has 116 valence electrons. The Morgan fingerprint density at radius 3 is 2.61 bits per heavy atom. The monoisotopic (exact) mass is 327 g/mol. The summed E-state index contributed by atoms with van der Waals surface area (Å²) in [5.74, 6) is 0.394. The van der Waals surface area contributed by atoms with Crippen LogP contribution in [0.25, 0.3) is 17.5 Å². The van der Waals surface area contributed by atoms with Gasteiger partial charge in [0.15, 0.2) is 0 Å². The Morgan fingerprint density at radius 2 is 1.87 bits per heavy atom. The van der Waals surface area contributed by atoms with E-state index in [2.05, 4.69) is 25.3 Å². The maximum absolute atomic E-state index is 12.1. The van der Waals surface area contributed by atoms with Gasteiger partial charge in [-0.1, -0.05) is 42.5 Å². The first kappa shape index (κ1) is 14.9. The Kier molecular flexibility index (Phi) is 4.15. The van der Waals surface area contributed by atoms with E-state index in [0.717, 1.165) is 11.0 Å². The molecule has 0 bridgehead atoms. The van der Waals surface area contributed by atoms with Crippen molar-refractivity contribution in [3.63, 3.8) is 0 Å². The van der Waals surface area contributed by atoms with Crippen LogP contribution in [0.15, 0.2) is 60.0 Å². The Labute approximate surface area is 133 Å². The van der Waals surface area contributed by atoms with Gasteiger partial charge in [-0.2, -0.15) is 5.21 Å². The van der Waals surface area contributed by atoms with E-state index in [1.165, 1.54) is 6.08 Å². The molecule has 8 heteroatoms. The van der Waals surface area contributed by atoms with Gasteiger partial charge >= 0.3 is 0 Å². The summed E-state index contributed by atoms with van der Waals surface area (Å²) in [6, 6.07) is 16.0. The average Bonchev–Trinajstić information content (AvgIpc) is 3.08. The van der Waals surface area contributed by atoms with Crippen molar-refractivity contribution >= 4 is 21.8 Å². The smallest absolute Gasteiger partial charge is 0.255 e. The summed E-state index contributed by atoms with van der Waals surface area (Å²) in [7, 11) is -3.61. The number of anilines is 1. The van der Waals surface area contributed by atoms with Gasteiger partial charge in [-0.05, 0) is 29.0 Å². The molecule has 0 fully saturated rings. The zero-order chi connectivity index (χ0) is 16.1. The number of rotatable bonds is 5. The number of nitrogens with zero attached hydrogens (tertiary/aromatic N) is 3. The van der Waals surface area contributed by atoms with E-state index in [9.17, 15) is 8.42 Å². The van der Waals surface area contributed by atoms with Gasteiger partial charge in [0.1, 0.15) is 0 Å². The van der Waals surface area contributed by atoms with E-state index in [0.29, 0.717) is 17.1 Å². The van der Waals surface area contributed by atoms with Crippen molar-refractivity contribution in [1.82, 2.24) is 20.6 Å². The molecule has 23 heavy (non-hydrogen) atoms. The van der Waals surface area contributed by atoms with Crippen LogP contribution in [0.4, 0.5) is 5.69 Å². The summed E-state index contributed by atoms with van der Waals surface area (Å²) in [5, 5.41) is 14.7. The highest BCUT2D eigenvalue weighted by atomic mass is 32.2. The molecular formula is C15H13N5O2S. The van der Waals surface area contributed by atoms with Crippen molar-refractivity contribution < 1.29 is 8.42 Å². The van der Waals surface area contributed by atoms with Crippen LogP contribution in [0, 0.1) is 0 Å². The maximum atomic E-state index is 12.1. The molecule has 7 nitrogen and oxygen atoms in total. The molecule has 3 rings (SSSR count). The van der Waals surface area contributed by atoms with Gasteiger partial charge in [-0.25, -0.2) is 8.42 Å². The Balaban J connectivity index is 1.78. The zero-order valence-electron chi connectivity index (χ0n) is 11.9. The van der Waals surface area contributed by atoms with Crippen molar-refractivity contribution in [1.29, 1.82) is 0 Å². The Morgan fingerprint density at radius 1 is 1.04 bits per heavy atom. The van der Waals surface area contributed by atoms with Gasteiger partial charge in [0.05, 0.1) is 5.41 Å². The van der Waals surface area contributed by atoms with Crippen LogP contribution < -0.4 is 4.72 Å². The molecule has 1 aromatic heterocycles. The topological polar surface area (TPSA) is 101 Å². The average molecular weight is 327 g/mol. The number of hydrogen-bond donors (Lipinski definition) is 2. The number of sulfonamides is 1. The normalized spacial score (nSPS) is 11.7. The lowest BCUT2D eigenvalue weighted by Crippen LogP contribution is -2.08. The molecule has 0 atom stereocenters. The number of aromatic nitrogens is 4. The molecule has 0 aliphatic heterocycles. The quantitative estimate of drug-likeness (QED) is 0.749. The summed E-state index contributed by atoms with van der Waals surface area (Å²) in [6.07, 6.45) is 1.53. The van der Waals surface area contributed by atoms with Gasteiger partial charge < -0.3 is 0 Å². The molecule has 2 N–H and O–H groups in total. The number of nitrogens with one attached hydrogen (secondary N) is 2. The van der Waals surface area contributed by atoms with Crippen LogP contribution >= 0.6 is 0 Å². The lowest BCUT2D eigenvalue weighted by molar-refractivity contribution is 0.609. The van der Waals surface area contributed by atoms with Crippen LogP contribution in [0.1, 0.15) is 5.56 Å². The third-order valence-corrected chi connectivity index (χ3v) is 3.98. The highest BCUT2D eigenvalue weighted by Crippen LogP contribution is 2.19. The van der Waals surface area contributed by atoms with Crippen molar-refractivity contribution in [2.24, 2.45) is 0 Å². The predicted molar refractivity (Wildman–Crippen MR) is 87.6 cm³/mol. The molecular weight excluding hydrogens is 314 g/mol. The fourth-order valence-electron chi connectivity index (χ4n) is 1.94. The first-order valence-corrected chi connectivity index (χ1v) is 8.27. The van der Waals surface area contributed by atoms with Gasteiger partial charge in [0.2, 0.25) is 5.82 Å².